The van der Waals surface area contributed by atoms with Crippen molar-refractivity contribution in [2.24, 2.45) is 0 Å². The number of amides is 2. The first kappa shape index (κ1) is 43.8. The topological polar surface area (TPSA) is 182 Å². The van der Waals surface area contributed by atoms with Crippen molar-refractivity contribution in [3.05, 3.63) is 69.8 Å². The van der Waals surface area contributed by atoms with Gasteiger partial charge in [0.15, 0.2) is 0 Å². The molecule has 1 aliphatic rings. The number of benzene rings is 2. The summed E-state index contributed by atoms with van der Waals surface area (Å²) in [5.74, 6) is -0.0197. The lowest BCUT2D eigenvalue weighted by Crippen LogP contribution is -2.33. The van der Waals surface area contributed by atoms with Crippen molar-refractivity contribution in [2.45, 2.75) is 0 Å². The van der Waals surface area contributed by atoms with Gasteiger partial charge in [0.25, 0.3) is 17.5 Å². The van der Waals surface area contributed by atoms with E-state index < -0.39 is 4.92 Å². The fourth-order valence-electron chi connectivity index (χ4n) is 4.56. The average molecular weight is 753 g/mol. The highest BCUT2D eigenvalue weighted by atomic mass is 16.6. The number of non-ortho nitro benzene ring substituents is 1. The van der Waals surface area contributed by atoms with Crippen molar-refractivity contribution in [2.75, 3.05) is 145 Å². The van der Waals surface area contributed by atoms with Gasteiger partial charge < -0.3 is 52.1 Å². The first-order valence-electron chi connectivity index (χ1n) is 17.7. The Morgan fingerprint density at radius 1 is 0.434 bits per heavy atom. The third-order valence-corrected chi connectivity index (χ3v) is 7.23. The third-order valence-electron chi connectivity index (χ3n) is 7.23. The molecule has 0 bridgehead atoms. The lowest BCUT2D eigenvalue weighted by Gasteiger charge is -2.13. The maximum atomic E-state index is 12.3. The summed E-state index contributed by atoms with van der Waals surface area (Å²) in [5, 5.41) is 10.6. The average Bonchev–Trinajstić information content (AvgIpc) is 3.41. The van der Waals surface area contributed by atoms with Crippen LogP contribution in [0.5, 0.6) is 5.75 Å². The second kappa shape index (κ2) is 28.8. The van der Waals surface area contributed by atoms with Gasteiger partial charge in [0.05, 0.1) is 155 Å². The van der Waals surface area contributed by atoms with Gasteiger partial charge >= 0.3 is 0 Å². The van der Waals surface area contributed by atoms with Crippen LogP contribution in [0.3, 0.4) is 0 Å². The molecule has 0 atom stereocenters. The lowest BCUT2D eigenvalue weighted by atomic mass is 10.1. The largest absolute Gasteiger partial charge is 0.491 e. The van der Waals surface area contributed by atoms with E-state index in [0.29, 0.717) is 149 Å². The first-order chi connectivity index (χ1) is 26.1. The minimum atomic E-state index is -0.456. The van der Waals surface area contributed by atoms with Crippen LogP contribution < -0.4 is 4.74 Å². The standard InChI is InChI=1S/C36H52N2O15/c39-35-33-3-1-2-4-34(33)36(40)37(35)9-10-43-11-12-44-13-14-45-15-16-46-17-18-47-19-20-48-21-22-49-23-24-50-25-26-51-27-28-52-29-30-53-32-7-5-31(6-8-32)38(41)42/h1-8H,9-30H2. The molecule has 0 saturated heterocycles. The van der Waals surface area contributed by atoms with Crippen LogP contribution in [0.25, 0.3) is 0 Å². The van der Waals surface area contributed by atoms with E-state index in [0.717, 1.165) is 0 Å². The van der Waals surface area contributed by atoms with Crippen LogP contribution in [0.2, 0.25) is 0 Å². The van der Waals surface area contributed by atoms with E-state index in [2.05, 4.69) is 0 Å². The molecular formula is C36H52N2O15. The molecule has 2 amide bonds. The van der Waals surface area contributed by atoms with Gasteiger partial charge in [0.1, 0.15) is 12.4 Å². The molecule has 0 aliphatic carbocycles. The molecule has 0 spiro atoms. The number of carbonyl (C=O) groups excluding carboxylic acids is 2. The molecule has 17 nitrogen and oxygen atoms in total. The van der Waals surface area contributed by atoms with Crippen molar-refractivity contribution < 1.29 is 66.6 Å². The Labute approximate surface area is 309 Å². The highest BCUT2D eigenvalue weighted by Crippen LogP contribution is 2.22. The molecule has 1 heterocycles. The van der Waals surface area contributed by atoms with Crippen molar-refractivity contribution in [3.63, 3.8) is 0 Å². The van der Waals surface area contributed by atoms with Gasteiger partial charge in [-0.1, -0.05) is 12.1 Å². The number of nitro groups is 1. The van der Waals surface area contributed by atoms with E-state index in [4.69, 9.17) is 52.1 Å². The van der Waals surface area contributed by atoms with Gasteiger partial charge in [-0.25, -0.2) is 0 Å². The molecule has 0 aromatic heterocycles. The van der Waals surface area contributed by atoms with E-state index >= 15 is 0 Å². The van der Waals surface area contributed by atoms with E-state index in [1.807, 2.05) is 0 Å². The monoisotopic (exact) mass is 752 g/mol. The van der Waals surface area contributed by atoms with Crippen LogP contribution in [-0.2, 0) is 47.4 Å². The second-order valence-corrected chi connectivity index (χ2v) is 11.0. The van der Waals surface area contributed by atoms with E-state index in [1.165, 1.54) is 17.0 Å². The number of nitrogens with zero attached hydrogens (tertiary/aromatic N) is 2. The second-order valence-electron chi connectivity index (χ2n) is 11.0. The number of nitro benzene ring substituents is 1. The number of hydrogen-bond acceptors (Lipinski definition) is 15. The number of imide groups is 1. The molecule has 3 rings (SSSR count). The van der Waals surface area contributed by atoms with Crippen LogP contribution in [0.15, 0.2) is 48.5 Å². The number of rotatable bonds is 35. The van der Waals surface area contributed by atoms with Crippen molar-refractivity contribution in [3.8, 4) is 5.75 Å². The van der Waals surface area contributed by atoms with Crippen molar-refractivity contribution in [1.82, 2.24) is 4.90 Å². The van der Waals surface area contributed by atoms with Gasteiger partial charge in [-0.3, -0.25) is 24.6 Å². The number of fused-ring (bicyclic) bond motifs is 1. The third kappa shape index (κ3) is 19.3. The smallest absolute Gasteiger partial charge is 0.269 e. The van der Waals surface area contributed by atoms with Gasteiger partial charge in [-0.2, -0.15) is 0 Å². The Kier molecular flexibility index (Phi) is 23.8. The summed E-state index contributed by atoms with van der Waals surface area (Å²) in [6, 6.07) is 12.7. The van der Waals surface area contributed by atoms with Gasteiger partial charge in [-0.15, -0.1) is 0 Å². The zero-order valence-electron chi connectivity index (χ0n) is 30.2. The quantitative estimate of drug-likeness (QED) is 0.0433. The summed E-state index contributed by atoms with van der Waals surface area (Å²) in [7, 11) is 0. The molecule has 0 unspecified atom stereocenters. The summed E-state index contributed by atoms with van der Waals surface area (Å²) >= 11 is 0. The predicted molar refractivity (Wildman–Crippen MR) is 189 cm³/mol. The number of carbonyl (C=O) groups is 2. The summed E-state index contributed by atoms with van der Waals surface area (Å²) in [5.41, 5.74) is 0.891. The Morgan fingerprint density at radius 2 is 0.736 bits per heavy atom. The minimum Gasteiger partial charge on any atom is -0.491 e. The minimum absolute atomic E-state index is 0.0196. The fourth-order valence-corrected chi connectivity index (χ4v) is 4.56. The SMILES string of the molecule is O=C1c2ccccc2C(=O)N1CCOCCOCCOCCOCCOCCOCCOCCOCCOCCOCCOc1ccc([N+](=O)[O-])cc1. The Hall–Kier alpha value is -3.62. The normalized spacial score (nSPS) is 12.5. The zero-order chi connectivity index (χ0) is 37.6. The summed E-state index contributed by atoms with van der Waals surface area (Å²) in [6.45, 7) is 9.17. The zero-order valence-corrected chi connectivity index (χ0v) is 30.2. The van der Waals surface area contributed by atoms with Crippen molar-refractivity contribution >= 4 is 17.5 Å². The maximum absolute atomic E-state index is 12.3. The van der Waals surface area contributed by atoms with E-state index in [-0.39, 0.29) is 30.7 Å². The summed E-state index contributed by atoms with van der Waals surface area (Å²) in [6.07, 6.45) is 0. The molecular weight excluding hydrogens is 700 g/mol. The highest BCUT2D eigenvalue weighted by Gasteiger charge is 2.34. The lowest BCUT2D eigenvalue weighted by molar-refractivity contribution is -0.384. The fraction of sp³-hybridized carbons (Fsp3) is 0.611. The van der Waals surface area contributed by atoms with Gasteiger partial charge in [0.2, 0.25) is 0 Å². The molecule has 0 fully saturated rings. The summed E-state index contributed by atoms with van der Waals surface area (Å²) < 4.78 is 60.1. The highest BCUT2D eigenvalue weighted by molar-refractivity contribution is 6.21. The maximum Gasteiger partial charge on any atom is 0.269 e. The number of ether oxygens (including phenoxy) is 11. The molecule has 53 heavy (non-hydrogen) atoms. The molecule has 1 aliphatic heterocycles. The summed E-state index contributed by atoms with van der Waals surface area (Å²) in [4.78, 5) is 36.0. The van der Waals surface area contributed by atoms with Gasteiger partial charge in [0, 0.05) is 12.1 Å². The number of hydrogen-bond donors (Lipinski definition) is 0. The van der Waals surface area contributed by atoms with Crippen LogP contribution in [0.1, 0.15) is 20.7 Å². The molecule has 0 saturated carbocycles. The van der Waals surface area contributed by atoms with Crippen LogP contribution in [0.4, 0.5) is 5.69 Å². The Bertz CT molecular complexity index is 1250. The Morgan fingerprint density at radius 3 is 1.06 bits per heavy atom. The van der Waals surface area contributed by atoms with E-state index in [9.17, 15) is 19.7 Å². The molecule has 296 valence electrons. The first-order valence-corrected chi connectivity index (χ1v) is 17.7. The molecule has 2 aromatic rings. The van der Waals surface area contributed by atoms with Crippen LogP contribution in [0, 0.1) is 10.1 Å². The Balaban J connectivity index is 0.922. The van der Waals surface area contributed by atoms with Crippen LogP contribution in [-0.4, -0.2) is 167 Å². The van der Waals surface area contributed by atoms with Crippen LogP contribution >= 0.6 is 0 Å². The molecule has 17 heteroatoms. The predicted octanol–water partition coefficient (Wildman–Crippen LogP) is 2.44. The molecule has 0 radical (unpaired) electrons. The van der Waals surface area contributed by atoms with Crippen molar-refractivity contribution in [1.29, 1.82) is 0 Å². The van der Waals surface area contributed by atoms with Gasteiger partial charge in [-0.05, 0) is 24.3 Å². The van der Waals surface area contributed by atoms with E-state index in [1.54, 1.807) is 36.4 Å². The molecule has 2 aromatic carbocycles. The molecule has 0 N–H and O–H groups in total.